The van der Waals surface area contributed by atoms with Crippen LogP contribution in [0.4, 0.5) is 4.79 Å². The molecule has 1 unspecified atom stereocenters. The number of amides is 2. The molecule has 2 aromatic carbocycles. The van der Waals surface area contributed by atoms with Gasteiger partial charge >= 0.3 is 11.8 Å². The number of carbonyl (C=O) groups excluding carboxylic acids is 2. The molecule has 0 fully saturated rings. The summed E-state index contributed by atoms with van der Waals surface area (Å²) in [4.78, 5) is 42.5. The van der Waals surface area contributed by atoms with Gasteiger partial charge in [-0.25, -0.2) is 9.59 Å². The molecule has 9 nitrogen and oxygen atoms in total. The minimum atomic E-state index is -0.610. The van der Waals surface area contributed by atoms with E-state index in [1.54, 1.807) is 4.57 Å². The highest BCUT2D eigenvalue weighted by Gasteiger charge is 2.32. The molecular weight excluding hydrogens is 622 g/mol. The third-order valence-electron chi connectivity index (χ3n) is 7.29. The van der Waals surface area contributed by atoms with Gasteiger partial charge in [0, 0.05) is 24.3 Å². The lowest BCUT2D eigenvalue weighted by atomic mass is 9.96. The maximum Gasteiger partial charge on any atom is 0.407 e. The van der Waals surface area contributed by atoms with Crippen LogP contribution in [0.15, 0.2) is 69.9 Å². The lowest BCUT2D eigenvalue weighted by Gasteiger charge is -2.36. The van der Waals surface area contributed by atoms with Crippen LogP contribution in [0.2, 0.25) is 0 Å². The molecule has 234 valence electrons. The van der Waals surface area contributed by atoms with E-state index in [9.17, 15) is 14.4 Å². The Labute approximate surface area is 267 Å². The number of alkyl carbamates (subject to hydrolysis) is 1. The van der Waals surface area contributed by atoms with Gasteiger partial charge in [0.05, 0.1) is 28.3 Å². The number of nitrogens with zero attached hydrogens (tertiary/aromatic N) is 4. The first-order chi connectivity index (χ1) is 20.8. The van der Waals surface area contributed by atoms with Gasteiger partial charge in [-0.15, -0.1) is 0 Å². The molecule has 0 aliphatic carbocycles. The minimum absolute atomic E-state index is 0.0603. The van der Waals surface area contributed by atoms with Crippen molar-refractivity contribution >= 4 is 33.4 Å². The smallest absolute Gasteiger partial charge is 0.407 e. The zero-order chi connectivity index (χ0) is 32.2. The normalized spacial score (nSPS) is 12.4. The van der Waals surface area contributed by atoms with Gasteiger partial charge in [-0.3, -0.25) is 9.36 Å². The van der Waals surface area contributed by atoms with Gasteiger partial charge in [0.1, 0.15) is 5.60 Å². The summed E-state index contributed by atoms with van der Waals surface area (Å²) in [5, 5.41) is 7.31. The molecule has 10 heteroatoms. The second-order valence-electron chi connectivity index (χ2n) is 12.5. The summed E-state index contributed by atoms with van der Waals surface area (Å²) in [6, 6.07) is 18.8. The molecule has 2 heterocycles. The van der Waals surface area contributed by atoms with Gasteiger partial charge in [0.2, 0.25) is 0 Å². The molecule has 44 heavy (non-hydrogen) atoms. The third kappa shape index (κ3) is 7.77. The highest BCUT2D eigenvalue weighted by molar-refractivity contribution is 9.10. The van der Waals surface area contributed by atoms with E-state index in [1.807, 2.05) is 100 Å². The first-order valence-electron chi connectivity index (χ1n) is 14.9. The molecule has 0 spiro atoms. The van der Waals surface area contributed by atoms with Crippen LogP contribution in [-0.4, -0.2) is 49.8 Å². The van der Waals surface area contributed by atoms with E-state index >= 15 is 0 Å². The monoisotopic (exact) mass is 663 g/mol. The molecule has 0 saturated carbocycles. The van der Waals surface area contributed by atoms with Gasteiger partial charge in [0.25, 0.3) is 5.91 Å². The Morgan fingerprint density at radius 1 is 1.05 bits per heavy atom. The van der Waals surface area contributed by atoms with E-state index < -0.39 is 17.7 Å². The molecule has 4 rings (SSSR count). The molecule has 1 atom stereocenters. The average molecular weight is 665 g/mol. The fraction of sp³-hybridized carbons (Fsp3) is 0.412. The van der Waals surface area contributed by atoms with Gasteiger partial charge in [-0.1, -0.05) is 61.9 Å². The van der Waals surface area contributed by atoms with Crippen LogP contribution in [0.1, 0.15) is 80.0 Å². The first-order valence-corrected chi connectivity index (χ1v) is 15.7. The predicted molar refractivity (Wildman–Crippen MR) is 176 cm³/mol. The molecule has 0 radical (unpaired) electrons. The summed E-state index contributed by atoms with van der Waals surface area (Å²) in [6.45, 7) is 14.4. The molecule has 4 aromatic rings. The van der Waals surface area contributed by atoms with Crippen LogP contribution >= 0.6 is 15.9 Å². The van der Waals surface area contributed by atoms with Crippen LogP contribution in [-0.2, 0) is 11.3 Å². The molecular formula is C34H42BrN5O4. The second kappa shape index (κ2) is 13.8. The SMILES string of the molecule is Cc1ccc(C(=O)N(CCCNC(=O)OC(C)(C)C)C(c2cc3c(Br)c(C)nn3c(=O)n2Cc2ccccc2)C(C)C)cc1. The van der Waals surface area contributed by atoms with Crippen molar-refractivity contribution in [2.75, 3.05) is 13.1 Å². The number of hydrogen-bond acceptors (Lipinski definition) is 5. The van der Waals surface area contributed by atoms with Gasteiger partial charge in [0.15, 0.2) is 0 Å². The molecule has 1 N–H and O–H groups in total. The summed E-state index contributed by atoms with van der Waals surface area (Å²) in [5.74, 6) is -0.210. The largest absolute Gasteiger partial charge is 0.444 e. The van der Waals surface area contributed by atoms with Gasteiger partial charge in [-0.2, -0.15) is 9.61 Å². The fourth-order valence-corrected chi connectivity index (χ4v) is 5.61. The van der Waals surface area contributed by atoms with Crippen LogP contribution < -0.4 is 11.0 Å². The molecule has 2 aromatic heterocycles. The van der Waals surface area contributed by atoms with Crippen molar-refractivity contribution in [2.45, 2.75) is 73.1 Å². The highest BCUT2D eigenvalue weighted by Crippen LogP contribution is 2.33. The number of hydrogen-bond donors (Lipinski definition) is 1. The minimum Gasteiger partial charge on any atom is -0.444 e. The van der Waals surface area contributed by atoms with E-state index in [-0.39, 0.29) is 17.5 Å². The zero-order valence-electron chi connectivity index (χ0n) is 26.6. The van der Waals surface area contributed by atoms with E-state index in [0.29, 0.717) is 48.5 Å². The second-order valence-corrected chi connectivity index (χ2v) is 13.2. The van der Waals surface area contributed by atoms with Gasteiger partial charge < -0.3 is 15.0 Å². The van der Waals surface area contributed by atoms with Crippen molar-refractivity contribution in [3.05, 3.63) is 104 Å². The zero-order valence-corrected chi connectivity index (χ0v) is 28.1. The standard InChI is InChI=1S/C34H42BrN5O4/c1-22(2)30(28-20-27-29(35)24(4)37-40(27)33(43)39(28)21-25-12-9-8-10-13-25)38(31(41)26-16-14-23(3)15-17-26)19-11-18-36-32(42)44-34(5,6)7/h8-10,12-17,20,22,30H,11,18-19,21H2,1-7H3,(H,36,42). The lowest BCUT2D eigenvalue weighted by Crippen LogP contribution is -2.43. The molecule has 0 saturated heterocycles. The van der Waals surface area contributed by atoms with E-state index in [0.717, 1.165) is 15.6 Å². The maximum absolute atomic E-state index is 14.3. The third-order valence-corrected chi connectivity index (χ3v) is 8.27. The van der Waals surface area contributed by atoms with Crippen molar-refractivity contribution in [1.82, 2.24) is 24.4 Å². The Morgan fingerprint density at radius 2 is 1.70 bits per heavy atom. The average Bonchev–Trinajstić information content (AvgIpc) is 3.24. The summed E-state index contributed by atoms with van der Waals surface area (Å²) < 4.78 is 9.26. The molecule has 0 bridgehead atoms. The van der Waals surface area contributed by atoms with Crippen LogP contribution in [0, 0.1) is 19.8 Å². The Kier molecular flexibility index (Phi) is 10.3. The Bertz CT molecular complexity index is 1670. The van der Waals surface area contributed by atoms with Crippen LogP contribution in [0.3, 0.4) is 0 Å². The number of benzene rings is 2. The van der Waals surface area contributed by atoms with Crippen molar-refractivity contribution < 1.29 is 14.3 Å². The highest BCUT2D eigenvalue weighted by atomic mass is 79.9. The van der Waals surface area contributed by atoms with Crippen molar-refractivity contribution in [3.63, 3.8) is 0 Å². The number of halogens is 1. The van der Waals surface area contributed by atoms with Crippen molar-refractivity contribution in [2.24, 2.45) is 5.92 Å². The Balaban J connectivity index is 1.80. The number of carbonyl (C=O) groups is 2. The number of fused-ring (bicyclic) bond motifs is 1. The fourth-order valence-electron chi connectivity index (χ4n) is 5.25. The van der Waals surface area contributed by atoms with Crippen LogP contribution in [0.5, 0.6) is 0 Å². The van der Waals surface area contributed by atoms with E-state index in [4.69, 9.17) is 4.74 Å². The summed E-state index contributed by atoms with van der Waals surface area (Å²) in [6.07, 6.45) is -0.0156. The van der Waals surface area contributed by atoms with Gasteiger partial charge in [-0.05, 0) is 86.6 Å². The Morgan fingerprint density at radius 3 is 2.32 bits per heavy atom. The first kappa shape index (κ1) is 33.0. The summed E-state index contributed by atoms with van der Waals surface area (Å²) >= 11 is 3.63. The molecule has 0 aliphatic heterocycles. The molecule has 2 amide bonds. The quantitative estimate of drug-likeness (QED) is 0.191. The predicted octanol–water partition coefficient (Wildman–Crippen LogP) is 6.68. The maximum atomic E-state index is 14.3. The number of ether oxygens (including phenoxy) is 1. The topological polar surface area (TPSA) is 97.9 Å². The summed E-state index contributed by atoms with van der Waals surface area (Å²) in [7, 11) is 0. The van der Waals surface area contributed by atoms with E-state index in [2.05, 4.69) is 40.2 Å². The lowest BCUT2D eigenvalue weighted by molar-refractivity contribution is 0.0520. The Hall–Kier alpha value is -3.92. The van der Waals surface area contributed by atoms with Crippen molar-refractivity contribution in [1.29, 1.82) is 0 Å². The number of aryl methyl sites for hydroxylation is 2. The number of nitrogens with one attached hydrogen (secondary N) is 1. The van der Waals surface area contributed by atoms with Crippen molar-refractivity contribution in [3.8, 4) is 0 Å². The van der Waals surface area contributed by atoms with E-state index in [1.165, 1.54) is 4.52 Å². The number of aromatic nitrogens is 3. The summed E-state index contributed by atoms with van der Waals surface area (Å²) in [5.41, 5.74) is 3.73. The number of rotatable bonds is 10. The molecule has 0 aliphatic rings. The van der Waals surface area contributed by atoms with Crippen LogP contribution in [0.25, 0.3) is 5.52 Å².